The molecule has 0 heterocycles. The molecule has 0 aromatic heterocycles. The standard InChI is InChI=1S/C9H19ClN2O4S/c1-3-16-9(13)12-17(14,15)11-6-4-5-8(2)7-10/h8,11H,3-7H2,1-2H3,(H,12,13). The molecule has 0 bridgehead atoms. The van der Waals surface area contributed by atoms with Gasteiger partial charge < -0.3 is 4.74 Å². The first-order chi connectivity index (χ1) is 7.91. The Labute approximate surface area is 107 Å². The summed E-state index contributed by atoms with van der Waals surface area (Å²) in [7, 11) is -3.82. The van der Waals surface area contributed by atoms with Crippen molar-refractivity contribution in [1.82, 2.24) is 9.44 Å². The Morgan fingerprint density at radius 3 is 2.65 bits per heavy atom. The minimum atomic E-state index is -3.82. The Balaban J connectivity index is 3.83. The van der Waals surface area contributed by atoms with E-state index in [0.717, 1.165) is 6.42 Å². The molecule has 0 aliphatic rings. The molecule has 0 fully saturated rings. The normalized spacial score (nSPS) is 13.1. The molecule has 102 valence electrons. The molecule has 8 heteroatoms. The van der Waals surface area contributed by atoms with E-state index in [-0.39, 0.29) is 13.2 Å². The van der Waals surface area contributed by atoms with Crippen LogP contribution >= 0.6 is 11.6 Å². The second kappa shape index (κ2) is 8.54. The van der Waals surface area contributed by atoms with Gasteiger partial charge in [0.15, 0.2) is 0 Å². The maximum absolute atomic E-state index is 11.3. The van der Waals surface area contributed by atoms with E-state index in [1.54, 1.807) is 11.6 Å². The van der Waals surface area contributed by atoms with Crippen LogP contribution in [0.25, 0.3) is 0 Å². The van der Waals surface area contributed by atoms with Crippen molar-refractivity contribution in [2.75, 3.05) is 19.0 Å². The fraction of sp³-hybridized carbons (Fsp3) is 0.889. The molecule has 1 atom stereocenters. The predicted octanol–water partition coefficient (Wildman–Crippen LogP) is 1.22. The van der Waals surface area contributed by atoms with Gasteiger partial charge in [-0.05, 0) is 25.7 Å². The van der Waals surface area contributed by atoms with Gasteiger partial charge in [-0.2, -0.15) is 13.1 Å². The first-order valence-corrected chi connectivity index (χ1v) is 7.43. The zero-order valence-corrected chi connectivity index (χ0v) is 11.6. The minimum Gasteiger partial charge on any atom is -0.449 e. The molecular weight excluding hydrogens is 268 g/mol. The van der Waals surface area contributed by atoms with Gasteiger partial charge in [0.05, 0.1) is 6.61 Å². The van der Waals surface area contributed by atoms with Gasteiger partial charge in [-0.15, -0.1) is 11.6 Å². The average Bonchev–Trinajstić information content (AvgIpc) is 2.23. The van der Waals surface area contributed by atoms with Crippen molar-refractivity contribution in [3.63, 3.8) is 0 Å². The quantitative estimate of drug-likeness (QED) is 0.519. The third kappa shape index (κ3) is 9.20. The van der Waals surface area contributed by atoms with Crippen LogP contribution in [0.15, 0.2) is 0 Å². The van der Waals surface area contributed by atoms with Gasteiger partial charge in [0, 0.05) is 12.4 Å². The first kappa shape index (κ1) is 16.5. The van der Waals surface area contributed by atoms with E-state index >= 15 is 0 Å². The largest absolute Gasteiger partial charge is 0.449 e. The molecule has 2 N–H and O–H groups in total. The molecule has 0 aliphatic heterocycles. The lowest BCUT2D eigenvalue weighted by atomic mass is 10.1. The lowest BCUT2D eigenvalue weighted by Gasteiger charge is -2.09. The Hall–Kier alpha value is -0.530. The van der Waals surface area contributed by atoms with Crippen LogP contribution in [0.4, 0.5) is 4.79 Å². The molecule has 0 rings (SSSR count). The Bertz CT molecular complexity index is 321. The van der Waals surface area contributed by atoms with Crippen molar-refractivity contribution in [1.29, 1.82) is 0 Å². The highest BCUT2D eigenvalue weighted by Gasteiger charge is 2.13. The topological polar surface area (TPSA) is 84.5 Å². The summed E-state index contributed by atoms with van der Waals surface area (Å²) in [5, 5.41) is 0. The van der Waals surface area contributed by atoms with Gasteiger partial charge in [-0.25, -0.2) is 9.52 Å². The molecule has 0 aromatic rings. The fourth-order valence-corrected chi connectivity index (χ4v) is 1.96. The first-order valence-electron chi connectivity index (χ1n) is 5.41. The number of nitrogens with one attached hydrogen (secondary N) is 2. The van der Waals surface area contributed by atoms with E-state index in [1.807, 2.05) is 6.92 Å². The highest BCUT2D eigenvalue weighted by molar-refractivity contribution is 7.88. The zero-order chi connectivity index (χ0) is 13.3. The number of alkyl halides is 1. The Morgan fingerprint density at radius 1 is 1.47 bits per heavy atom. The fourth-order valence-electron chi connectivity index (χ4n) is 1.04. The van der Waals surface area contributed by atoms with Crippen molar-refractivity contribution in [3.05, 3.63) is 0 Å². The monoisotopic (exact) mass is 286 g/mol. The summed E-state index contributed by atoms with van der Waals surface area (Å²) < 4.78 is 31.0. The van der Waals surface area contributed by atoms with Gasteiger partial charge in [-0.1, -0.05) is 6.92 Å². The Morgan fingerprint density at radius 2 is 2.12 bits per heavy atom. The summed E-state index contributed by atoms with van der Waals surface area (Å²) in [5.41, 5.74) is 0. The molecule has 1 amide bonds. The van der Waals surface area contributed by atoms with E-state index in [9.17, 15) is 13.2 Å². The highest BCUT2D eigenvalue weighted by Crippen LogP contribution is 2.06. The van der Waals surface area contributed by atoms with Crippen molar-refractivity contribution < 1.29 is 17.9 Å². The van der Waals surface area contributed by atoms with Crippen molar-refractivity contribution in [2.45, 2.75) is 26.7 Å². The lowest BCUT2D eigenvalue weighted by Crippen LogP contribution is -2.40. The third-order valence-electron chi connectivity index (χ3n) is 1.92. The maximum atomic E-state index is 11.3. The summed E-state index contributed by atoms with van der Waals surface area (Å²) >= 11 is 5.61. The number of hydrogen-bond donors (Lipinski definition) is 2. The van der Waals surface area contributed by atoms with Crippen LogP contribution in [0.1, 0.15) is 26.7 Å². The summed E-state index contributed by atoms with van der Waals surface area (Å²) in [5.74, 6) is 0.896. The molecular formula is C9H19ClN2O4S. The van der Waals surface area contributed by atoms with Crippen LogP contribution in [-0.2, 0) is 14.9 Å². The molecule has 0 saturated carbocycles. The van der Waals surface area contributed by atoms with Crippen LogP contribution in [0.5, 0.6) is 0 Å². The van der Waals surface area contributed by atoms with Crippen molar-refractivity contribution >= 4 is 27.9 Å². The maximum Gasteiger partial charge on any atom is 0.421 e. The van der Waals surface area contributed by atoms with E-state index in [0.29, 0.717) is 18.2 Å². The summed E-state index contributed by atoms with van der Waals surface area (Å²) in [6, 6.07) is 0. The Kier molecular flexibility index (Phi) is 8.28. The van der Waals surface area contributed by atoms with Gasteiger partial charge in [-0.3, -0.25) is 0 Å². The number of hydrogen-bond acceptors (Lipinski definition) is 4. The third-order valence-corrected chi connectivity index (χ3v) is 3.47. The van der Waals surface area contributed by atoms with Crippen LogP contribution in [-0.4, -0.2) is 33.5 Å². The number of halogens is 1. The number of rotatable bonds is 8. The van der Waals surface area contributed by atoms with Gasteiger partial charge >= 0.3 is 16.3 Å². The molecule has 0 spiro atoms. The van der Waals surface area contributed by atoms with Crippen LogP contribution < -0.4 is 9.44 Å². The van der Waals surface area contributed by atoms with Crippen LogP contribution in [0.3, 0.4) is 0 Å². The molecule has 0 aliphatic carbocycles. The second-order valence-corrected chi connectivity index (χ2v) is 5.43. The lowest BCUT2D eigenvalue weighted by molar-refractivity contribution is 0.158. The number of carbonyl (C=O) groups excluding carboxylic acids is 1. The number of amides is 1. The van der Waals surface area contributed by atoms with E-state index < -0.39 is 16.3 Å². The highest BCUT2D eigenvalue weighted by atomic mass is 35.5. The number of carbonyl (C=O) groups is 1. The summed E-state index contributed by atoms with van der Waals surface area (Å²) in [6.45, 7) is 3.95. The molecule has 1 unspecified atom stereocenters. The van der Waals surface area contributed by atoms with Gasteiger partial charge in [0.2, 0.25) is 0 Å². The molecule has 17 heavy (non-hydrogen) atoms. The number of ether oxygens (including phenoxy) is 1. The SMILES string of the molecule is CCOC(=O)NS(=O)(=O)NCCCC(C)CCl. The molecule has 0 radical (unpaired) electrons. The van der Waals surface area contributed by atoms with Crippen molar-refractivity contribution in [3.8, 4) is 0 Å². The van der Waals surface area contributed by atoms with E-state index in [4.69, 9.17) is 11.6 Å². The smallest absolute Gasteiger partial charge is 0.421 e. The van der Waals surface area contributed by atoms with Crippen molar-refractivity contribution in [2.24, 2.45) is 5.92 Å². The molecule has 0 aromatic carbocycles. The van der Waals surface area contributed by atoms with E-state index in [1.165, 1.54) is 0 Å². The van der Waals surface area contributed by atoms with Gasteiger partial charge in [0.25, 0.3) is 0 Å². The van der Waals surface area contributed by atoms with E-state index in [2.05, 4.69) is 9.46 Å². The van der Waals surface area contributed by atoms with Gasteiger partial charge in [0.1, 0.15) is 0 Å². The zero-order valence-electron chi connectivity index (χ0n) is 10.0. The van der Waals surface area contributed by atoms with Crippen LogP contribution in [0, 0.1) is 5.92 Å². The second-order valence-electron chi connectivity index (χ2n) is 3.62. The minimum absolute atomic E-state index is 0.120. The predicted molar refractivity (Wildman–Crippen MR) is 66.2 cm³/mol. The average molecular weight is 287 g/mol. The molecule has 6 nitrogen and oxygen atoms in total. The summed E-state index contributed by atoms with van der Waals surface area (Å²) in [4.78, 5) is 10.9. The molecule has 0 saturated heterocycles. The van der Waals surface area contributed by atoms with Crippen LogP contribution in [0.2, 0.25) is 0 Å². The summed E-state index contributed by atoms with van der Waals surface area (Å²) in [6.07, 6.45) is 0.511.